The highest BCUT2D eigenvalue weighted by Gasteiger charge is 2.18. The minimum Gasteiger partial charge on any atom is -0.489 e. The molecule has 2 aromatic carbocycles. The number of carbonyl (C=O) groups excluding carboxylic acids is 2. The van der Waals surface area contributed by atoms with Gasteiger partial charge >= 0.3 is 12.6 Å². The van der Waals surface area contributed by atoms with Gasteiger partial charge in [0, 0.05) is 60.7 Å². The number of rotatable bonds is 9. The van der Waals surface area contributed by atoms with Crippen molar-refractivity contribution in [2.75, 3.05) is 18.4 Å². The number of nitrogens with zero attached hydrogens (tertiary/aromatic N) is 3. The van der Waals surface area contributed by atoms with Gasteiger partial charge in [0.25, 0.3) is 5.91 Å². The first-order valence-corrected chi connectivity index (χ1v) is 13.0. The number of likely N-dealkylation sites (tertiary alicyclic amines) is 1. The van der Waals surface area contributed by atoms with Gasteiger partial charge in [-0.25, -0.2) is 9.78 Å². The molecule has 2 amide bonds. The second-order valence-corrected chi connectivity index (χ2v) is 9.75. The lowest BCUT2D eigenvalue weighted by molar-refractivity contribution is -0.0507. The SMILES string of the molecule is NC(=O)n1ccc2cc(COc3ccnc(NC(=O)c4ccc(CN5CCC(O)CC5)cc4)c3)c(OC(F)F)cc21. The molecular weight excluding hydrogens is 536 g/mol. The van der Waals surface area contributed by atoms with Crippen LogP contribution in [0.5, 0.6) is 11.5 Å². The van der Waals surface area contributed by atoms with E-state index in [4.69, 9.17) is 10.5 Å². The molecule has 1 saturated heterocycles. The van der Waals surface area contributed by atoms with Crippen LogP contribution in [0, 0.1) is 0 Å². The number of piperidine rings is 1. The molecule has 1 aliphatic heterocycles. The number of fused-ring (bicyclic) bond motifs is 1. The molecule has 10 nitrogen and oxygen atoms in total. The lowest BCUT2D eigenvalue weighted by Gasteiger charge is -2.29. The third kappa shape index (κ3) is 6.97. The number of amides is 2. The highest BCUT2D eigenvalue weighted by molar-refractivity contribution is 6.03. The summed E-state index contributed by atoms with van der Waals surface area (Å²) in [6.07, 6.45) is 4.20. The Kier molecular flexibility index (Phi) is 8.41. The number of aliphatic hydroxyl groups is 1. The van der Waals surface area contributed by atoms with Gasteiger partial charge in [-0.05, 0) is 48.7 Å². The number of primary amides is 1. The normalized spacial score (nSPS) is 14.3. The molecule has 4 aromatic rings. The van der Waals surface area contributed by atoms with Crippen LogP contribution in [0.2, 0.25) is 0 Å². The summed E-state index contributed by atoms with van der Waals surface area (Å²) in [6, 6.07) is 14.1. The first-order valence-electron chi connectivity index (χ1n) is 13.0. The maximum Gasteiger partial charge on any atom is 0.387 e. The second-order valence-electron chi connectivity index (χ2n) is 9.75. The highest BCUT2D eigenvalue weighted by atomic mass is 19.3. The zero-order chi connectivity index (χ0) is 28.9. The number of aliphatic hydroxyl groups excluding tert-OH is 1. The number of anilines is 1. The number of hydrogen-bond acceptors (Lipinski definition) is 7. The Bertz CT molecular complexity index is 1530. The number of hydrogen-bond donors (Lipinski definition) is 3. The van der Waals surface area contributed by atoms with Crippen molar-refractivity contribution in [2.24, 2.45) is 5.73 Å². The Morgan fingerprint density at radius 2 is 1.85 bits per heavy atom. The van der Waals surface area contributed by atoms with Gasteiger partial charge in [0.05, 0.1) is 11.6 Å². The fourth-order valence-electron chi connectivity index (χ4n) is 4.74. The summed E-state index contributed by atoms with van der Waals surface area (Å²) in [5.74, 6) is 0.0912. The number of benzene rings is 2. The number of nitrogens with one attached hydrogen (secondary N) is 1. The van der Waals surface area contributed by atoms with Crippen molar-refractivity contribution in [1.82, 2.24) is 14.5 Å². The molecule has 0 spiro atoms. The summed E-state index contributed by atoms with van der Waals surface area (Å²) in [7, 11) is 0. The summed E-state index contributed by atoms with van der Waals surface area (Å²) in [5.41, 5.74) is 7.53. The smallest absolute Gasteiger partial charge is 0.387 e. The fourth-order valence-corrected chi connectivity index (χ4v) is 4.74. The van der Waals surface area contributed by atoms with E-state index >= 15 is 0 Å². The molecule has 0 radical (unpaired) electrons. The van der Waals surface area contributed by atoms with Gasteiger partial charge in [0.15, 0.2) is 0 Å². The third-order valence-corrected chi connectivity index (χ3v) is 6.87. The molecule has 0 unspecified atom stereocenters. The third-order valence-electron chi connectivity index (χ3n) is 6.87. The number of aromatic nitrogens is 2. The van der Waals surface area contributed by atoms with Crippen molar-refractivity contribution in [3.63, 3.8) is 0 Å². The van der Waals surface area contributed by atoms with Crippen molar-refractivity contribution in [3.8, 4) is 11.5 Å². The van der Waals surface area contributed by atoms with Gasteiger partial charge in [-0.1, -0.05) is 12.1 Å². The van der Waals surface area contributed by atoms with Gasteiger partial charge in [0.2, 0.25) is 0 Å². The largest absolute Gasteiger partial charge is 0.489 e. The van der Waals surface area contributed by atoms with Gasteiger partial charge in [0.1, 0.15) is 23.9 Å². The minimum absolute atomic E-state index is 0.130. The van der Waals surface area contributed by atoms with Crippen molar-refractivity contribution in [1.29, 1.82) is 0 Å². The summed E-state index contributed by atoms with van der Waals surface area (Å²) < 4.78 is 37.8. The van der Waals surface area contributed by atoms with Crippen LogP contribution >= 0.6 is 0 Å². The van der Waals surface area contributed by atoms with Crippen LogP contribution in [-0.4, -0.2) is 57.3 Å². The Balaban J connectivity index is 1.23. The van der Waals surface area contributed by atoms with E-state index in [1.165, 1.54) is 24.5 Å². The van der Waals surface area contributed by atoms with E-state index in [2.05, 4.69) is 19.9 Å². The molecular formula is C29H29F2N5O5. The topological polar surface area (TPSA) is 132 Å². The molecule has 0 atom stereocenters. The Morgan fingerprint density at radius 1 is 1.10 bits per heavy atom. The van der Waals surface area contributed by atoms with E-state index < -0.39 is 12.6 Å². The lowest BCUT2D eigenvalue weighted by atomic mass is 10.1. The summed E-state index contributed by atoms with van der Waals surface area (Å²) in [4.78, 5) is 30.9. The molecule has 41 heavy (non-hydrogen) atoms. The van der Waals surface area contributed by atoms with Gasteiger partial charge < -0.3 is 25.6 Å². The van der Waals surface area contributed by atoms with Crippen LogP contribution in [0.4, 0.5) is 19.4 Å². The van der Waals surface area contributed by atoms with E-state index in [0.29, 0.717) is 27.8 Å². The fraction of sp³-hybridized carbons (Fsp3) is 0.276. The van der Waals surface area contributed by atoms with E-state index in [1.807, 2.05) is 12.1 Å². The van der Waals surface area contributed by atoms with E-state index in [-0.39, 0.29) is 30.2 Å². The molecule has 2 aromatic heterocycles. The standard InChI is InChI=1S/C29H29F2N5O5/c30-28(31)41-25-15-24-20(6-12-36(24)29(32)39)13-21(25)17-40-23-5-9-33-26(14-23)34-27(38)19-3-1-18(2-4-19)16-35-10-7-22(37)8-11-35/h1-6,9,12-15,22,28,37H,7-8,10-11,16-17H2,(H2,32,39)(H,33,34,38). The number of ether oxygens (including phenoxy) is 2. The molecule has 1 aliphatic rings. The first kappa shape index (κ1) is 28.0. The van der Waals surface area contributed by atoms with Crippen molar-refractivity contribution in [2.45, 2.75) is 38.7 Å². The number of nitrogens with two attached hydrogens (primary N) is 1. The monoisotopic (exact) mass is 565 g/mol. The van der Waals surface area contributed by atoms with Gasteiger partial charge in [-0.2, -0.15) is 8.78 Å². The molecule has 0 aliphatic carbocycles. The van der Waals surface area contributed by atoms with Crippen LogP contribution in [0.15, 0.2) is 67.0 Å². The van der Waals surface area contributed by atoms with Gasteiger partial charge in [-0.15, -0.1) is 0 Å². The molecule has 214 valence electrons. The zero-order valence-electron chi connectivity index (χ0n) is 22.0. The Hall–Kier alpha value is -4.55. The number of carbonyl (C=O) groups is 2. The first-order chi connectivity index (χ1) is 19.7. The molecule has 12 heteroatoms. The summed E-state index contributed by atoms with van der Waals surface area (Å²) in [5, 5.41) is 13.0. The predicted molar refractivity (Wildman–Crippen MR) is 147 cm³/mol. The molecule has 0 saturated carbocycles. The van der Waals surface area contributed by atoms with Crippen LogP contribution < -0.4 is 20.5 Å². The zero-order valence-corrected chi connectivity index (χ0v) is 22.0. The van der Waals surface area contributed by atoms with Crippen molar-refractivity contribution in [3.05, 3.63) is 83.7 Å². The average molecular weight is 566 g/mol. The number of alkyl halides is 2. The quantitative estimate of drug-likeness (QED) is 0.275. The van der Waals surface area contributed by atoms with Crippen LogP contribution in [0.3, 0.4) is 0 Å². The summed E-state index contributed by atoms with van der Waals surface area (Å²) in [6.45, 7) is -0.784. The lowest BCUT2D eigenvalue weighted by Crippen LogP contribution is -2.35. The van der Waals surface area contributed by atoms with Crippen LogP contribution in [0.25, 0.3) is 10.9 Å². The summed E-state index contributed by atoms with van der Waals surface area (Å²) >= 11 is 0. The van der Waals surface area contributed by atoms with E-state index in [1.54, 1.807) is 30.3 Å². The minimum atomic E-state index is -3.08. The van der Waals surface area contributed by atoms with Crippen LogP contribution in [-0.2, 0) is 13.2 Å². The molecule has 3 heterocycles. The second kappa shape index (κ2) is 12.3. The van der Waals surface area contributed by atoms with Gasteiger partial charge in [-0.3, -0.25) is 14.3 Å². The van der Waals surface area contributed by atoms with Crippen LogP contribution in [0.1, 0.15) is 34.3 Å². The van der Waals surface area contributed by atoms with E-state index in [9.17, 15) is 23.5 Å². The predicted octanol–water partition coefficient (Wildman–Crippen LogP) is 4.35. The van der Waals surface area contributed by atoms with Crippen molar-refractivity contribution < 1.29 is 33.0 Å². The molecule has 1 fully saturated rings. The van der Waals surface area contributed by atoms with Crippen molar-refractivity contribution >= 4 is 28.7 Å². The molecule has 0 bridgehead atoms. The Morgan fingerprint density at radius 3 is 2.56 bits per heavy atom. The molecule has 4 N–H and O–H groups in total. The number of halogens is 2. The maximum absolute atomic E-state index is 13.1. The Labute approximate surface area is 234 Å². The highest BCUT2D eigenvalue weighted by Crippen LogP contribution is 2.30. The maximum atomic E-state index is 13.1. The molecule has 5 rings (SSSR count). The number of pyridine rings is 1. The average Bonchev–Trinajstić information content (AvgIpc) is 3.36. The van der Waals surface area contributed by atoms with E-state index in [0.717, 1.165) is 42.6 Å².